The Morgan fingerprint density at radius 2 is 1.59 bits per heavy atom. The first-order valence-corrected chi connectivity index (χ1v) is 11.7. The van der Waals surface area contributed by atoms with Crippen LogP contribution in [0.25, 0.3) is 11.1 Å². The van der Waals surface area contributed by atoms with Crippen LogP contribution >= 0.6 is 0 Å². The fourth-order valence-electron chi connectivity index (χ4n) is 4.32. The highest BCUT2D eigenvalue weighted by atomic mass is 16.5. The molecule has 0 saturated carbocycles. The topological polar surface area (TPSA) is 95.9 Å². The Hall–Kier alpha value is -3.35. The molecule has 0 fully saturated rings. The Labute approximate surface area is 201 Å². The Bertz CT molecular complexity index is 988. The SMILES string of the molecule is CN(CCCCC(=O)O)C(=O)CC(C)(C)CNC(=O)OCC1c2ccccc2-c2ccccc21. The summed E-state index contributed by atoms with van der Waals surface area (Å²) >= 11 is 0. The molecule has 7 nitrogen and oxygen atoms in total. The molecule has 0 aliphatic heterocycles. The van der Waals surface area contributed by atoms with Crippen LogP contribution in [0.15, 0.2) is 48.5 Å². The Kier molecular flexibility index (Phi) is 8.31. The van der Waals surface area contributed by atoms with Crippen LogP contribution in [0, 0.1) is 5.41 Å². The summed E-state index contributed by atoms with van der Waals surface area (Å²) < 4.78 is 5.58. The van der Waals surface area contributed by atoms with Gasteiger partial charge in [0.25, 0.3) is 0 Å². The van der Waals surface area contributed by atoms with E-state index in [1.54, 1.807) is 11.9 Å². The minimum atomic E-state index is -0.825. The third kappa shape index (κ3) is 6.59. The molecule has 2 N–H and O–H groups in total. The van der Waals surface area contributed by atoms with E-state index in [2.05, 4.69) is 29.6 Å². The molecule has 0 aromatic heterocycles. The third-order valence-electron chi connectivity index (χ3n) is 6.24. The lowest BCUT2D eigenvalue weighted by atomic mass is 9.88. The van der Waals surface area contributed by atoms with E-state index in [0.29, 0.717) is 25.9 Å². The molecule has 1 aliphatic carbocycles. The Morgan fingerprint density at radius 1 is 1.00 bits per heavy atom. The zero-order valence-electron chi connectivity index (χ0n) is 20.2. The molecule has 0 saturated heterocycles. The van der Waals surface area contributed by atoms with Crippen LogP contribution in [-0.4, -0.2) is 54.7 Å². The smallest absolute Gasteiger partial charge is 0.407 e. The van der Waals surface area contributed by atoms with Crippen molar-refractivity contribution in [1.29, 1.82) is 0 Å². The largest absolute Gasteiger partial charge is 0.481 e. The molecule has 2 aromatic rings. The molecule has 2 aromatic carbocycles. The van der Waals surface area contributed by atoms with Crippen LogP contribution < -0.4 is 5.32 Å². The van der Waals surface area contributed by atoms with E-state index in [4.69, 9.17) is 9.84 Å². The summed E-state index contributed by atoms with van der Waals surface area (Å²) in [7, 11) is 1.72. The van der Waals surface area contributed by atoms with Crippen molar-refractivity contribution >= 4 is 18.0 Å². The van der Waals surface area contributed by atoms with Crippen molar-refractivity contribution in [3.63, 3.8) is 0 Å². The number of benzene rings is 2. The number of fused-ring (bicyclic) bond motifs is 3. The normalized spacial score (nSPS) is 12.6. The van der Waals surface area contributed by atoms with Crippen LogP contribution in [0.1, 0.15) is 56.6 Å². The van der Waals surface area contributed by atoms with Crippen molar-refractivity contribution in [1.82, 2.24) is 10.2 Å². The second kappa shape index (κ2) is 11.2. The average Bonchev–Trinajstić information content (AvgIpc) is 3.12. The number of rotatable bonds is 11. The minimum Gasteiger partial charge on any atom is -0.481 e. The predicted molar refractivity (Wildman–Crippen MR) is 131 cm³/mol. The minimum absolute atomic E-state index is 0.00233. The molecule has 0 bridgehead atoms. The van der Waals surface area contributed by atoms with Crippen molar-refractivity contribution in [2.75, 3.05) is 26.7 Å². The molecule has 0 atom stereocenters. The van der Waals surface area contributed by atoms with Crippen molar-refractivity contribution in [2.45, 2.75) is 45.4 Å². The number of carboxylic acid groups (broad SMARTS) is 1. The second-order valence-electron chi connectivity index (χ2n) is 9.69. The number of carboxylic acids is 1. The lowest BCUT2D eigenvalue weighted by molar-refractivity contribution is -0.137. The van der Waals surface area contributed by atoms with E-state index in [9.17, 15) is 14.4 Å². The Morgan fingerprint density at radius 3 is 2.18 bits per heavy atom. The molecule has 0 heterocycles. The van der Waals surface area contributed by atoms with Crippen molar-refractivity contribution in [3.8, 4) is 11.1 Å². The van der Waals surface area contributed by atoms with Gasteiger partial charge in [-0.15, -0.1) is 0 Å². The van der Waals surface area contributed by atoms with Crippen molar-refractivity contribution < 1.29 is 24.2 Å². The van der Waals surface area contributed by atoms with E-state index in [0.717, 1.165) is 11.1 Å². The lowest BCUT2D eigenvalue weighted by Gasteiger charge is -2.27. The molecular formula is C27H34N2O5. The summed E-state index contributed by atoms with van der Waals surface area (Å²) in [4.78, 5) is 37.2. The molecule has 7 heteroatoms. The van der Waals surface area contributed by atoms with Crippen LogP contribution in [0.4, 0.5) is 4.79 Å². The fourth-order valence-corrected chi connectivity index (χ4v) is 4.32. The maximum absolute atomic E-state index is 12.5. The van der Waals surface area contributed by atoms with Crippen LogP contribution in [0.5, 0.6) is 0 Å². The van der Waals surface area contributed by atoms with Gasteiger partial charge < -0.3 is 20.1 Å². The summed E-state index contributed by atoms with van der Waals surface area (Å²) in [6, 6.07) is 16.4. The molecule has 34 heavy (non-hydrogen) atoms. The highest BCUT2D eigenvalue weighted by Gasteiger charge is 2.29. The van der Waals surface area contributed by atoms with Gasteiger partial charge in [0.15, 0.2) is 0 Å². The third-order valence-corrected chi connectivity index (χ3v) is 6.24. The zero-order chi connectivity index (χ0) is 24.7. The molecule has 0 unspecified atom stereocenters. The van der Waals surface area contributed by atoms with Gasteiger partial charge in [-0.3, -0.25) is 9.59 Å². The molecule has 0 spiro atoms. The highest BCUT2D eigenvalue weighted by Crippen LogP contribution is 2.44. The number of alkyl carbamates (subject to hydrolysis) is 1. The average molecular weight is 467 g/mol. The number of carbonyl (C=O) groups excluding carboxylic acids is 2. The van der Waals surface area contributed by atoms with Crippen LogP contribution in [-0.2, 0) is 14.3 Å². The lowest BCUT2D eigenvalue weighted by Crippen LogP contribution is -2.39. The second-order valence-corrected chi connectivity index (χ2v) is 9.69. The van der Waals surface area contributed by atoms with Gasteiger partial charge in [0.1, 0.15) is 6.61 Å². The molecular weight excluding hydrogens is 432 g/mol. The van der Waals surface area contributed by atoms with E-state index in [1.165, 1.54) is 11.1 Å². The number of hydrogen-bond acceptors (Lipinski definition) is 4. The Balaban J connectivity index is 1.45. The highest BCUT2D eigenvalue weighted by molar-refractivity contribution is 5.79. The van der Waals surface area contributed by atoms with E-state index in [-0.39, 0.29) is 31.3 Å². The van der Waals surface area contributed by atoms with Crippen molar-refractivity contribution in [2.24, 2.45) is 5.41 Å². The summed E-state index contributed by atoms with van der Waals surface area (Å²) in [5.41, 5.74) is 4.23. The number of nitrogens with one attached hydrogen (secondary N) is 1. The van der Waals surface area contributed by atoms with Gasteiger partial charge in [0.05, 0.1) is 0 Å². The number of hydrogen-bond donors (Lipinski definition) is 2. The quantitative estimate of drug-likeness (QED) is 0.470. The van der Waals surface area contributed by atoms with Crippen molar-refractivity contribution in [3.05, 3.63) is 59.7 Å². The molecule has 1 aliphatic rings. The summed E-state index contributed by atoms with van der Waals surface area (Å²) in [5, 5.41) is 11.5. The molecule has 182 valence electrons. The standard InChI is InChI=1S/C27H34N2O5/c1-27(2,16-24(30)29(3)15-9-8-14-25(31)32)18-28-26(33)34-17-23-21-12-6-4-10-19(21)20-11-5-7-13-22(20)23/h4-7,10-13,23H,8-9,14-18H2,1-3H3,(H,28,33)(H,31,32). The summed E-state index contributed by atoms with van der Waals surface area (Å²) in [5.74, 6) is -0.855. The van der Waals surface area contributed by atoms with Crippen LogP contribution in [0.3, 0.4) is 0 Å². The van der Waals surface area contributed by atoms with Gasteiger partial charge in [-0.1, -0.05) is 62.4 Å². The monoisotopic (exact) mass is 466 g/mol. The maximum Gasteiger partial charge on any atom is 0.407 e. The maximum atomic E-state index is 12.5. The number of carbonyl (C=O) groups is 3. The van der Waals surface area contributed by atoms with Gasteiger partial charge in [-0.25, -0.2) is 4.79 Å². The summed E-state index contributed by atoms with van der Waals surface area (Å²) in [6.07, 6.45) is 1.07. The van der Waals surface area contributed by atoms with E-state index < -0.39 is 17.5 Å². The van der Waals surface area contributed by atoms with E-state index >= 15 is 0 Å². The molecule has 0 radical (unpaired) electrons. The number of amides is 2. The first kappa shape index (κ1) is 25.3. The van der Waals surface area contributed by atoms with Gasteiger partial charge in [0, 0.05) is 38.9 Å². The zero-order valence-corrected chi connectivity index (χ0v) is 20.2. The van der Waals surface area contributed by atoms with Gasteiger partial charge in [-0.05, 0) is 40.5 Å². The van der Waals surface area contributed by atoms with Gasteiger partial charge >= 0.3 is 12.1 Å². The predicted octanol–water partition coefficient (Wildman–Crippen LogP) is 4.65. The molecule has 3 rings (SSSR count). The first-order chi connectivity index (χ1) is 16.2. The number of nitrogens with zero attached hydrogens (tertiary/aromatic N) is 1. The number of ether oxygens (including phenoxy) is 1. The molecule has 2 amide bonds. The van der Waals surface area contributed by atoms with Gasteiger partial charge in [-0.2, -0.15) is 0 Å². The number of aliphatic carboxylic acids is 1. The van der Waals surface area contributed by atoms with Crippen LogP contribution in [0.2, 0.25) is 0 Å². The first-order valence-electron chi connectivity index (χ1n) is 11.7. The summed E-state index contributed by atoms with van der Waals surface area (Å²) in [6.45, 7) is 4.92. The number of unbranched alkanes of at least 4 members (excludes halogenated alkanes) is 1. The fraction of sp³-hybridized carbons (Fsp3) is 0.444. The van der Waals surface area contributed by atoms with E-state index in [1.807, 2.05) is 38.1 Å². The van der Waals surface area contributed by atoms with Gasteiger partial charge in [0.2, 0.25) is 5.91 Å².